The molecule has 0 fully saturated rings. The summed E-state index contributed by atoms with van der Waals surface area (Å²) in [5.41, 5.74) is 2.76. The van der Waals surface area contributed by atoms with Crippen LogP contribution in [-0.2, 0) is 6.67 Å². The van der Waals surface area contributed by atoms with Crippen molar-refractivity contribution in [2.45, 2.75) is 13.6 Å². The van der Waals surface area contributed by atoms with Gasteiger partial charge in [0.1, 0.15) is 18.1 Å². The highest BCUT2D eigenvalue weighted by Gasteiger charge is 2.17. The van der Waals surface area contributed by atoms with Crippen molar-refractivity contribution in [3.8, 4) is 5.69 Å². The van der Waals surface area contributed by atoms with E-state index in [2.05, 4.69) is 20.5 Å². The third kappa shape index (κ3) is 2.81. The Balaban J connectivity index is 1.69. The summed E-state index contributed by atoms with van der Waals surface area (Å²) in [6.07, 6.45) is 4.79. The Hall–Kier alpha value is -3.55. The van der Waals surface area contributed by atoms with Gasteiger partial charge < -0.3 is 5.32 Å². The van der Waals surface area contributed by atoms with Crippen LogP contribution in [0.1, 0.15) is 21.6 Å². The number of carbonyl (C=O) groups is 1. The molecule has 26 heavy (non-hydrogen) atoms. The van der Waals surface area contributed by atoms with E-state index in [-0.39, 0.29) is 5.91 Å². The molecule has 4 aromatic rings. The first-order valence-corrected chi connectivity index (χ1v) is 7.97. The van der Waals surface area contributed by atoms with Crippen LogP contribution in [0.5, 0.6) is 0 Å². The molecule has 0 unspecified atom stereocenters. The molecule has 0 radical (unpaired) electrons. The number of amides is 1. The van der Waals surface area contributed by atoms with Crippen molar-refractivity contribution in [1.82, 2.24) is 24.4 Å². The molecule has 3 aromatic heterocycles. The van der Waals surface area contributed by atoms with Crippen LogP contribution in [-0.4, -0.2) is 30.3 Å². The Morgan fingerprint density at radius 2 is 2.15 bits per heavy atom. The van der Waals surface area contributed by atoms with Crippen LogP contribution in [0.25, 0.3) is 11.3 Å². The summed E-state index contributed by atoms with van der Waals surface area (Å²) in [6, 6.07) is 10.4. The number of rotatable bonds is 4. The number of anilines is 1. The highest BCUT2D eigenvalue weighted by molar-refractivity contribution is 6.07. The zero-order valence-electron chi connectivity index (χ0n) is 13.9. The van der Waals surface area contributed by atoms with Crippen LogP contribution in [0, 0.1) is 6.92 Å². The zero-order chi connectivity index (χ0) is 18.1. The lowest BCUT2D eigenvalue weighted by molar-refractivity contribution is 0.102. The molecule has 1 aromatic carbocycles. The average molecular weight is 350 g/mol. The maximum absolute atomic E-state index is 13.0. The molecule has 0 aliphatic heterocycles. The molecule has 130 valence electrons. The Kier molecular flexibility index (Phi) is 3.92. The second-order valence-electron chi connectivity index (χ2n) is 5.79. The van der Waals surface area contributed by atoms with Crippen molar-refractivity contribution >= 4 is 17.4 Å². The van der Waals surface area contributed by atoms with Gasteiger partial charge in [0.15, 0.2) is 5.65 Å². The van der Waals surface area contributed by atoms with E-state index in [1.165, 1.54) is 10.7 Å². The molecule has 0 saturated carbocycles. The lowest BCUT2D eigenvalue weighted by Crippen LogP contribution is -2.15. The second kappa shape index (κ2) is 6.40. The van der Waals surface area contributed by atoms with Gasteiger partial charge in [0.2, 0.25) is 0 Å². The Bertz CT molecular complexity index is 1100. The zero-order valence-corrected chi connectivity index (χ0v) is 13.9. The molecule has 0 aliphatic rings. The third-order valence-corrected chi connectivity index (χ3v) is 3.91. The smallest absolute Gasteiger partial charge is 0.262 e. The van der Waals surface area contributed by atoms with Gasteiger partial charge in [-0.2, -0.15) is 10.2 Å². The predicted molar refractivity (Wildman–Crippen MR) is 94.1 cm³/mol. The first kappa shape index (κ1) is 15.9. The van der Waals surface area contributed by atoms with Gasteiger partial charge in [0.05, 0.1) is 17.6 Å². The number of nitrogens with zero attached hydrogens (tertiary/aromatic N) is 5. The number of hydrogen-bond donors (Lipinski definition) is 1. The van der Waals surface area contributed by atoms with E-state index < -0.39 is 6.67 Å². The molecular weight excluding hydrogens is 335 g/mol. The van der Waals surface area contributed by atoms with E-state index >= 15 is 0 Å². The summed E-state index contributed by atoms with van der Waals surface area (Å²) in [5.74, 6) is 0.139. The van der Waals surface area contributed by atoms with Crippen molar-refractivity contribution in [3.05, 3.63) is 71.8 Å². The summed E-state index contributed by atoms with van der Waals surface area (Å²) in [5, 5.41) is 11.4. The van der Waals surface area contributed by atoms with E-state index in [0.717, 1.165) is 5.69 Å². The number of aromatic nitrogens is 5. The summed E-state index contributed by atoms with van der Waals surface area (Å²) >= 11 is 0. The molecule has 0 saturated heterocycles. The molecule has 1 N–H and O–H groups in total. The summed E-state index contributed by atoms with van der Waals surface area (Å²) in [6.45, 7) is 1.26. The fraction of sp³-hybridized carbons (Fsp3) is 0.111. The van der Waals surface area contributed by atoms with Crippen LogP contribution in [0.2, 0.25) is 0 Å². The molecule has 8 heteroatoms. The van der Waals surface area contributed by atoms with Crippen LogP contribution in [0.15, 0.2) is 55.0 Å². The third-order valence-electron chi connectivity index (χ3n) is 3.91. The SMILES string of the molecule is Cc1cc(NC(=O)c2cnn3cccnc23)n(-c2cccc(CF)c2)n1. The highest BCUT2D eigenvalue weighted by atomic mass is 19.1. The minimum Gasteiger partial charge on any atom is -0.306 e. The van der Waals surface area contributed by atoms with Crippen LogP contribution >= 0.6 is 0 Å². The number of hydrogen-bond acceptors (Lipinski definition) is 4. The van der Waals surface area contributed by atoms with Crippen molar-refractivity contribution in [3.63, 3.8) is 0 Å². The Morgan fingerprint density at radius 3 is 3.00 bits per heavy atom. The topological polar surface area (TPSA) is 77.1 Å². The minimum atomic E-state index is -0.566. The van der Waals surface area contributed by atoms with E-state index in [1.54, 1.807) is 53.5 Å². The maximum atomic E-state index is 13.0. The normalized spacial score (nSPS) is 11.0. The molecule has 4 rings (SSSR count). The number of aryl methyl sites for hydroxylation is 1. The molecule has 3 heterocycles. The number of halogens is 1. The number of fused-ring (bicyclic) bond motifs is 1. The molecule has 1 amide bonds. The molecule has 7 nitrogen and oxygen atoms in total. The lowest BCUT2D eigenvalue weighted by Gasteiger charge is -2.09. The minimum absolute atomic E-state index is 0.346. The summed E-state index contributed by atoms with van der Waals surface area (Å²) < 4.78 is 16.1. The van der Waals surface area contributed by atoms with E-state index in [1.807, 2.05) is 6.92 Å². The van der Waals surface area contributed by atoms with Crippen molar-refractivity contribution in [1.29, 1.82) is 0 Å². The van der Waals surface area contributed by atoms with Gasteiger partial charge in [-0.1, -0.05) is 12.1 Å². The summed E-state index contributed by atoms with van der Waals surface area (Å²) in [7, 11) is 0. The van der Waals surface area contributed by atoms with Crippen LogP contribution in [0.4, 0.5) is 10.2 Å². The first-order valence-electron chi connectivity index (χ1n) is 7.97. The van der Waals surface area contributed by atoms with Gasteiger partial charge in [-0.3, -0.25) is 4.79 Å². The quantitative estimate of drug-likeness (QED) is 0.614. The monoisotopic (exact) mass is 350 g/mol. The van der Waals surface area contributed by atoms with E-state index in [0.29, 0.717) is 28.3 Å². The molecular formula is C18H15FN6O. The first-order chi connectivity index (χ1) is 12.7. The predicted octanol–water partition coefficient (Wildman–Crippen LogP) is 2.95. The number of benzene rings is 1. The van der Waals surface area contributed by atoms with Crippen molar-refractivity contribution in [2.24, 2.45) is 0 Å². The molecule has 0 aliphatic carbocycles. The van der Waals surface area contributed by atoms with Crippen LogP contribution < -0.4 is 5.32 Å². The van der Waals surface area contributed by atoms with Gasteiger partial charge in [0.25, 0.3) is 5.91 Å². The summed E-state index contributed by atoms with van der Waals surface area (Å²) in [4.78, 5) is 16.9. The fourth-order valence-electron chi connectivity index (χ4n) is 2.73. The standard InChI is InChI=1S/C18H15FN6O/c1-12-8-16(25(23-12)14-5-2-4-13(9-14)10-19)22-18(26)15-11-21-24-7-3-6-20-17(15)24/h2-9,11H,10H2,1H3,(H,22,26). The van der Waals surface area contributed by atoms with Crippen molar-refractivity contribution < 1.29 is 9.18 Å². The highest BCUT2D eigenvalue weighted by Crippen LogP contribution is 2.20. The second-order valence-corrected chi connectivity index (χ2v) is 5.79. The van der Waals surface area contributed by atoms with E-state index in [4.69, 9.17) is 0 Å². The Morgan fingerprint density at radius 1 is 1.27 bits per heavy atom. The lowest BCUT2D eigenvalue weighted by atomic mass is 10.2. The number of carbonyl (C=O) groups excluding carboxylic acids is 1. The Labute approximate surface area is 148 Å². The van der Waals surface area contributed by atoms with Gasteiger partial charge in [-0.05, 0) is 30.7 Å². The van der Waals surface area contributed by atoms with Crippen LogP contribution in [0.3, 0.4) is 0 Å². The molecule has 0 bridgehead atoms. The van der Waals surface area contributed by atoms with Gasteiger partial charge in [-0.25, -0.2) is 18.6 Å². The van der Waals surface area contributed by atoms with Crippen molar-refractivity contribution in [2.75, 3.05) is 5.32 Å². The van der Waals surface area contributed by atoms with Gasteiger partial charge in [0, 0.05) is 18.5 Å². The molecule has 0 atom stereocenters. The number of nitrogens with one attached hydrogen (secondary N) is 1. The number of alkyl halides is 1. The maximum Gasteiger partial charge on any atom is 0.262 e. The fourth-order valence-corrected chi connectivity index (χ4v) is 2.73. The molecule has 0 spiro atoms. The van der Waals surface area contributed by atoms with E-state index in [9.17, 15) is 9.18 Å². The average Bonchev–Trinajstić information content (AvgIpc) is 3.25. The van der Waals surface area contributed by atoms with Gasteiger partial charge in [-0.15, -0.1) is 0 Å². The largest absolute Gasteiger partial charge is 0.306 e. The van der Waals surface area contributed by atoms with Gasteiger partial charge >= 0.3 is 0 Å².